The van der Waals surface area contributed by atoms with E-state index in [2.05, 4.69) is 15.6 Å². The Balaban J connectivity index is 1.90. The molecule has 0 aliphatic carbocycles. The minimum Gasteiger partial charge on any atom is -0.465 e. The van der Waals surface area contributed by atoms with Crippen LogP contribution in [0.15, 0.2) is 29.6 Å². The highest BCUT2D eigenvalue weighted by atomic mass is 32.1. The van der Waals surface area contributed by atoms with Gasteiger partial charge in [-0.05, 0) is 13.8 Å². The molecule has 116 valence electrons. The van der Waals surface area contributed by atoms with Gasteiger partial charge < -0.3 is 10.1 Å². The minimum absolute atomic E-state index is 0.171. The fourth-order valence-electron chi connectivity index (χ4n) is 1.69. The predicted octanol–water partition coefficient (Wildman–Crippen LogP) is 2.80. The van der Waals surface area contributed by atoms with Crippen molar-refractivity contribution in [3.05, 3.63) is 35.2 Å². The second kappa shape index (κ2) is 7.56. The number of amides is 2. The highest BCUT2D eigenvalue weighted by Gasteiger charge is 2.09. The number of urea groups is 1. The van der Waals surface area contributed by atoms with Crippen LogP contribution in [0.4, 0.5) is 9.93 Å². The molecule has 2 aromatic rings. The first-order valence-corrected chi connectivity index (χ1v) is 7.69. The first kappa shape index (κ1) is 16.0. The molecule has 1 aromatic carbocycles. The largest absolute Gasteiger partial charge is 0.465 e. The molecule has 0 saturated heterocycles. The Bertz CT molecular complexity index is 652. The molecule has 0 spiro atoms. The number of nitrogens with zero attached hydrogens (tertiary/aromatic N) is 1. The summed E-state index contributed by atoms with van der Waals surface area (Å²) in [7, 11) is 0. The molecule has 0 atom stereocenters. The first-order chi connectivity index (χ1) is 10.6. The van der Waals surface area contributed by atoms with E-state index in [0.717, 1.165) is 11.3 Å². The molecular weight excluding hydrogens is 302 g/mol. The number of benzene rings is 1. The molecule has 0 radical (unpaired) electrons. The Morgan fingerprint density at radius 2 is 2.00 bits per heavy atom. The molecule has 2 amide bonds. The molecule has 22 heavy (non-hydrogen) atoms. The summed E-state index contributed by atoms with van der Waals surface area (Å²) in [5, 5.41) is 7.34. The number of carbonyl (C=O) groups excluding carboxylic acids is 2. The maximum atomic E-state index is 11.6. The molecule has 0 fully saturated rings. The van der Waals surface area contributed by atoms with Crippen LogP contribution in [-0.4, -0.2) is 30.1 Å². The summed E-state index contributed by atoms with van der Waals surface area (Å²) in [6, 6.07) is 7.49. The van der Waals surface area contributed by atoms with Crippen LogP contribution in [0, 0.1) is 6.92 Å². The van der Waals surface area contributed by atoms with Gasteiger partial charge in [0.15, 0.2) is 5.13 Å². The summed E-state index contributed by atoms with van der Waals surface area (Å²) in [4.78, 5) is 27.1. The van der Waals surface area contributed by atoms with Gasteiger partial charge in [-0.3, -0.25) is 10.1 Å². The number of ether oxygens (including phenoxy) is 1. The summed E-state index contributed by atoms with van der Waals surface area (Å²) >= 11 is 1.32. The zero-order valence-electron chi connectivity index (χ0n) is 12.4. The van der Waals surface area contributed by atoms with E-state index in [1.165, 1.54) is 16.9 Å². The zero-order chi connectivity index (χ0) is 15.9. The monoisotopic (exact) mass is 319 g/mol. The predicted molar refractivity (Wildman–Crippen MR) is 85.9 cm³/mol. The Morgan fingerprint density at radius 3 is 2.68 bits per heavy atom. The molecule has 0 bridgehead atoms. The molecule has 1 heterocycles. The van der Waals surface area contributed by atoms with Crippen molar-refractivity contribution in [3.63, 3.8) is 0 Å². The SMILES string of the molecule is CCOC(=O)CNC(=O)Nc1nc(-c2ccc(C)cc2)cs1. The number of anilines is 1. The second-order valence-corrected chi connectivity index (χ2v) is 5.37. The number of hydrogen-bond donors (Lipinski definition) is 2. The van der Waals surface area contributed by atoms with Gasteiger partial charge in [0.05, 0.1) is 12.3 Å². The van der Waals surface area contributed by atoms with Gasteiger partial charge in [-0.1, -0.05) is 29.8 Å². The number of aryl methyl sites for hydroxylation is 1. The van der Waals surface area contributed by atoms with Crippen LogP contribution in [0.5, 0.6) is 0 Å². The van der Waals surface area contributed by atoms with Crippen molar-refractivity contribution in [3.8, 4) is 11.3 Å². The van der Waals surface area contributed by atoms with Gasteiger partial charge in [0.1, 0.15) is 6.54 Å². The second-order valence-electron chi connectivity index (χ2n) is 4.52. The molecule has 1 aromatic heterocycles. The van der Waals surface area contributed by atoms with E-state index in [-0.39, 0.29) is 13.2 Å². The van der Waals surface area contributed by atoms with Gasteiger partial charge in [0.2, 0.25) is 0 Å². The lowest BCUT2D eigenvalue weighted by Crippen LogP contribution is -2.34. The summed E-state index contributed by atoms with van der Waals surface area (Å²) < 4.78 is 4.72. The fourth-order valence-corrected chi connectivity index (χ4v) is 2.41. The average molecular weight is 319 g/mol. The van der Waals surface area contributed by atoms with Gasteiger partial charge in [0.25, 0.3) is 0 Å². The third kappa shape index (κ3) is 4.56. The van der Waals surface area contributed by atoms with Gasteiger partial charge >= 0.3 is 12.0 Å². The number of hydrogen-bond acceptors (Lipinski definition) is 5. The van der Waals surface area contributed by atoms with E-state index in [4.69, 9.17) is 4.74 Å². The van der Waals surface area contributed by atoms with Crippen molar-refractivity contribution in [1.29, 1.82) is 0 Å². The maximum Gasteiger partial charge on any atom is 0.325 e. The van der Waals surface area contributed by atoms with Crippen LogP contribution in [0.25, 0.3) is 11.3 Å². The van der Waals surface area contributed by atoms with E-state index in [0.29, 0.717) is 5.13 Å². The highest BCUT2D eigenvalue weighted by molar-refractivity contribution is 7.14. The Hall–Kier alpha value is -2.41. The number of aromatic nitrogens is 1. The molecule has 2 rings (SSSR count). The standard InChI is InChI=1S/C15H17N3O3S/c1-3-21-13(19)8-16-14(20)18-15-17-12(9-22-15)11-6-4-10(2)5-7-11/h4-7,9H,3,8H2,1-2H3,(H2,16,17,18,20). The van der Waals surface area contributed by atoms with Crippen LogP contribution in [0.2, 0.25) is 0 Å². The zero-order valence-corrected chi connectivity index (χ0v) is 13.2. The summed E-state index contributed by atoms with van der Waals surface area (Å²) in [6.07, 6.45) is 0. The van der Waals surface area contributed by atoms with Gasteiger partial charge in [-0.2, -0.15) is 0 Å². The Kier molecular flexibility index (Phi) is 5.48. The molecular formula is C15H17N3O3S. The average Bonchev–Trinajstić information content (AvgIpc) is 2.95. The van der Waals surface area contributed by atoms with Crippen LogP contribution < -0.4 is 10.6 Å². The lowest BCUT2D eigenvalue weighted by Gasteiger charge is -2.04. The molecule has 0 saturated carbocycles. The Labute approximate surface area is 132 Å². The van der Waals surface area contributed by atoms with Crippen molar-refractivity contribution in [1.82, 2.24) is 10.3 Å². The Morgan fingerprint density at radius 1 is 1.27 bits per heavy atom. The number of esters is 1. The molecule has 0 aliphatic rings. The summed E-state index contributed by atoms with van der Waals surface area (Å²) in [5.41, 5.74) is 2.96. The lowest BCUT2D eigenvalue weighted by molar-refractivity contribution is -0.141. The number of nitrogens with one attached hydrogen (secondary N) is 2. The smallest absolute Gasteiger partial charge is 0.325 e. The fraction of sp³-hybridized carbons (Fsp3) is 0.267. The molecule has 0 unspecified atom stereocenters. The van der Waals surface area contributed by atoms with Crippen LogP contribution in [0.3, 0.4) is 0 Å². The lowest BCUT2D eigenvalue weighted by atomic mass is 10.1. The van der Waals surface area contributed by atoms with Crippen molar-refractivity contribution < 1.29 is 14.3 Å². The number of rotatable bonds is 5. The molecule has 6 nitrogen and oxygen atoms in total. The number of carbonyl (C=O) groups is 2. The van der Waals surface area contributed by atoms with Crippen molar-refractivity contribution in [2.75, 3.05) is 18.5 Å². The molecule has 0 aliphatic heterocycles. The quantitative estimate of drug-likeness (QED) is 0.831. The van der Waals surface area contributed by atoms with Crippen LogP contribution in [-0.2, 0) is 9.53 Å². The summed E-state index contributed by atoms with van der Waals surface area (Å²) in [5.74, 6) is -0.475. The maximum absolute atomic E-state index is 11.6. The van der Waals surface area contributed by atoms with E-state index in [1.807, 2.05) is 36.6 Å². The van der Waals surface area contributed by atoms with Gasteiger partial charge in [0, 0.05) is 10.9 Å². The molecule has 7 heteroatoms. The van der Waals surface area contributed by atoms with Crippen LogP contribution >= 0.6 is 11.3 Å². The van der Waals surface area contributed by atoms with E-state index in [1.54, 1.807) is 6.92 Å². The number of thiazole rings is 1. The van der Waals surface area contributed by atoms with Crippen LogP contribution in [0.1, 0.15) is 12.5 Å². The minimum atomic E-state index is -0.488. The molecule has 2 N–H and O–H groups in total. The highest BCUT2D eigenvalue weighted by Crippen LogP contribution is 2.24. The van der Waals surface area contributed by atoms with Gasteiger partial charge in [-0.25, -0.2) is 9.78 Å². The third-order valence-corrected chi connectivity index (χ3v) is 3.53. The van der Waals surface area contributed by atoms with E-state index < -0.39 is 12.0 Å². The first-order valence-electron chi connectivity index (χ1n) is 6.81. The normalized spacial score (nSPS) is 10.1. The van der Waals surface area contributed by atoms with Crippen molar-refractivity contribution >= 4 is 28.5 Å². The van der Waals surface area contributed by atoms with E-state index in [9.17, 15) is 9.59 Å². The van der Waals surface area contributed by atoms with Gasteiger partial charge in [-0.15, -0.1) is 11.3 Å². The van der Waals surface area contributed by atoms with E-state index >= 15 is 0 Å². The topological polar surface area (TPSA) is 80.3 Å². The van der Waals surface area contributed by atoms with Crippen molar-refractivity contribution in [2.24, 2.45) is 0 Å². The van der Waals surface area contributed by atoms with Crippen molar-refractivity contribution in [2.45, 2.75) is 13.8 Å². The third-order valence-electron chi connectivity index (χ3n) is 2.77. The summed E-state index contributed by atoms with van der Waals surface area (Å²) in [6.45, 7) is 3.84.